The summed E-state index contributed by atoms with van der Waals surface area (Å²) >= 11 is 1.69. The molecule has 0 unspecified atom stereocenters. The van der Waals surface area contributed by atoms with Crippen LogP contribution < -0.4 is 5.43 Å². The number of H-pyrrole nitrogens is 1. The average molecular weight is 398 g/mol. The third-order valence-corrected chi connectivity index (χ3v) is 5.97. The van der Waals surface area contributed by atoms with Crippen LogP contribution in [0.15, 0.2) is 72.2 Å². The van der Waals surface area contributed by atoms with Crippen molar-refractivity contribution in [3.8, 4) is 0 Å². The summed E-state index contributed by atoms with van der Waals surface area (Å²) in [7, 11) is 0. The first kappa shape index (κ1) is 17.6. The second kappa shape index (κ2) is 7.48. The molecule has 0 aliphatic heterocycles. The lowest BCUT2D eigenvalue weighted by molar-refractivity contribution is 1.19. The lowest BCUT2D eigenvalue weighted by Crippen LogP contribution is -1.94. The zero-order valence-corrected chi connectivity index (χ0v) is 16.7. The number of anilines is 1. The van der Waals surface area contributed by atoms with Gasteiger partial charge in [-0.3, -0.25) is 5.43 Å². The summed E-state index contributed by atoms with van der Waals surface area (Å²) in [6.07, 6.45) is 6.27. The number of aryl methyl sites for hydroxylation is 1. The summed E-state index contributed by atoms with van der Waals surface area (Å²) in [5.41, 5.74) is 7.78. The van der Waals surface area contributed by atoms with Crippen molar-refractivity contribution in [3.63, 3.8) is 0 Å². The summed E-state index contributed by atoms with van der Waals surface area (Å²) in [6.45, 7) is 2.10. The highest BCUT2D eigenvalue weighted by Gasteiger charge is 2.09. The predicted octanol–water partition coefficient (Wildman–Crippen LogP) is 5.52. The highest BCUT2D eigenvalue weighted by atomic mass is 32.1. The topological polar surface area (TPSA) is 66.0 Å². The lowest BCUT2D eigenvalue weighted by atomic mass is 10.1. The molecule has 0 bridgehead atoms. The summed E-state index contributed by atoms with van der Waals surface area (Å²) in [6, 6.07) is 18.9. The van der Waals surface area contributed by atoms with E-state index in [0.717, 1.165) is 38.9 Å². The largest absolute Gasteiger partial charge is 0.360 e. The first-order valence-corrected chi connectivity index (χ1v) is 10.2. The van der Waals surface area contributed by atoms with Crippen LogP contribution in [0.1, 0.15) is 21.6 Å². The number of aromatic amines is 1. The third-order valence-electron chi connectivity index (χ3n) is 4.93. The van der Waals surface area contributed by atoms with Gasteiger partial charge in [-0.2, -0.15) is 5.10 Å². The minimum Gasteiger partial charge on any atom is -0.360 e. The molecule has 0 atom stereocenters. The van der Waals surface area contributed by atoms with Crippen LogP contribution in [-0.2, 0) is 6.42 Å². The Labute approximate surface area is 172 Å². The number of benzene rings is 2. The molecule has 142 valence electrons. The van der Waals surface area contributed by atoms with Gasteiger partial charge in [0, 0.05) is 34.0 Å². The average Bonchev–Trinajstić information content (AvgIpc) is 3.34. The van der Waals surface area contributed by atoms with Crippen LogP contribution in [-0.4, -0.2) is 21.2 Å². The normalized spacial score (nSPS) is 11.6. The maximum absolute atomic E-state index is 4.43. The first-order valence-electron chi connectivity index (χ1n) is 9.41. The van der Waals surface area contributed by atoms with Crippen molar-refractivity contribution in [3.05, 3.63) is 88.7 Å². The van der Waals surface area contributed by atoms with Crippen LogP contribution >= 0.6 is 11.3 Å². The second-order valence-electron chi connectivity index (χ2n) is 6.93. The van der Waals surface area contributed by atoms with E-state index in [2.05, 4.69) is 80.9 Å². The van der Waals surface area contributed by atoms with Gasteiger partial charge in [0.15, 0.2) is 5.82 Å². The van der Waals surface area contributed by atoms with Gasteiger partial charge >= 0.3 is 0 Å². The molecule has 0 amide bonds. The van der Waals surface area contributed by atoms with E-state index in [0.29, 0.717) is 0 Å². The van der Waals surface area contributed by atoms with E-state index in [9.17, 15) is 0 Å². The molecule has 0 saturated carbocycles. The van der Waals surface area contributed by atoms with E-state index in [1.54, 1.807) is 17.7 Å². The maximum Gasteiger partial charge on any atom is 0.158 e. The van der Waals surface area contributed by atoms with Crippen LogP contribution in [0.4, 0.5) is 5.82 Å². The van der Waals surface area contributed by atoms with Gasteiger partial charge in [0.25, 0.3) is 0 Å². The van der Waals surface area contributed by atoms with Crippen molar-refractivity contribution in [2.75, 3.05) is 5.43 Å². The van der Waals surface area contributed by atoms with Crippen LogP contribution in [0.5, 0.6) is 0 Å². The molecule has 0 aliphatic carbocycles. The molecule has 0 radical (unpaired) electrons. The Hall–Kier alpha value is -3.51. The van der Waals surface area contributed by atoms with Gasteiger partial charge < -0.3 is 4.98 Å². The molecule has 0 fully saturated rings. The van der Waals surface area contributed by atoms with Crippen molar-refractivity contribution < 1.29 is 0 Å². The van der Waals surface area contributed by atoms with Crippen LogP contribution in [0.3, 0.4) is 0 Å². The standard InChI is InChI=1S/C23H19N5S/c1-15-6-5-9-19-17(12-24-21(15)19)13-27-28-22-20-11-18(29-23(20)26-14-25-22)10-16-7-3-2-4-8-16/h2-9,11-14,24H,10H2,1H3,(H,25,26,28)/b27-13-. The second-order valence-corrected chi connectivity index (χ2v) is 8.04. The van der Waals surface area contributed by atoms with Crippen molar-refractivity contribution in [1.82, 2.24) is 15.0 Å². The Balaban J connectivity index is 1.40. The van der Waals surface area contributed by atoms with Crippen molar-refractivity contribution in [2.24, 2.45) is 5.10 Å². The smallest absolute Gasteiger partial charge is 0.158 e. The number of nitrogens with one attached hydrogen (secondary N) is 2. The van der Waals surface area contributed by atoms with Gasteiger partial charge in [0.1, 0.15) is 11.2 Å². The minimum absolute atomic E-state index is 0.720. The fraction of sp³-hybridized carbons (Fsp3) is 0.0870. The summed E-state index contributed by atoms with van der Waals surface area (Å²) in [5, 5.41) is 6.58. The maximum atomic E-state index is 4.43. The zero-order valence-electron chi connectivity index (χ0n) is 15.9. The van der Waals surface area contributed by atoms with E-state index in [1.165, 1.54) is 16.0 Å². The van der Waals surface area contributed by atoms with E-state index in [-0.39, 0.29) is 0 Å². The molecule has 2 aromatic carbocycles. The monoisotopic (exact) mass is 397 g/mol. The zero-order chi connectivity index (χ0) is 19.6. The Kier molecular flexibility index (Phi) is 4.54. The molecule has 29 heavy (non-hydrogen) atoms. The lowest BCUT2D eigenvalue weighted by Gasteiger charge is -2.00. The number of aromatic nitrogens is 3. The van der Waals surface area contributed by atoms with E-state index in [1.807, 2.05) is 18.5 Å². The number of nitrogens with zero attached hydrogens (tertiary/aromatic N) is 3. The summed E-state index contributed by atoms with van der Waals surface area (Å²) in [5.74, 6) is 0.720. The van der Waals surface area contributed by atoms with Gasteiger partial charge in [0.05, 0.1) is 11.6 Å². The Morgan fingerprint density at radius 1 is 1.07 bits per heavy atom. The number of hydrogen-bond donors (Lipinski definition) is 2. The molecular weight excluding hydrogens is 378 g/mol. The first-order chi connectivity index (χ1) is 14.3. The van der Waals surface area contributed by atoms with Gasteiger partial charge in [0.2, 0.25) is 0 Å². The predicted molar refractivity (Wildman–Crippen MR) is 121 cm³/mol. The van der Waals surface area contributed by atoms with E-state index < -0.39 is 0 Å². The molecule has 5 nitrogen and oxygen atoms in total. The molecule has 3 heterocycles. The van der Waals surface area contributed by atoms with Crippen molar-refractivity contribution >= 4 is 44.5 Å². The third kappa shape index (κ3) is 3.50. The number of fused-ring (bicyclic) bond motifs is 2. The highest BCUT2D eigenvalue weighted by Crippen LogP contribution is 2.29. The number of hydrogen-bond acceptors (Lipinski definition) is 5. The number of rotatable bonds is 5. The Bertz CT molecular complexity index is 1320. The minimum atomic E-state index is 0.720. The molecule has 0 aliphatic rings. The van der Waals surface area contributed by atoms with Crippen LogP contribution in [0.25, 0.3) is 21.1 Å². The van der Waals surface area contributed by atoms with E-state index >= 15 is 0 Å². The Morgan fingerprint density at radius 3 is 2.86 bits per heavy atom. The highest BCUT2D eigenvalue weighted by molar-refractivity contribution is 7.18. The fourth-order valence-electron chi connectivity index (χ4n) is 3.48. The molecule has 2 N–H and O–H groups in total. The van der Waals surface area contributed by atoms with Crippen LogP contribution in [0, 0.1) is 6.92 Å². The molecule has 6 heteroatoms. The van der Waals surface area contributed by atoms with Crippen LogP contribution in [0.2, 0.25) is 0 Å². The molecule has 0 saturated heterocycles. The quantitative estimate of drug-likeness (QED) is 0.303. The van der Waals surface area contributed by atoms with Gasteiger partial charge in [-0.15, -0.1) is 11.3 Å². The van der Waals surface area contributed by atoms with Crippen molar-refractivity contribution in [2.45, 2.75) is 13.3 Å². The number of para-hydroxylation sites is 1. The summed E-state index contributed by atoms with van der Waals surface area (Å²) in [4.78, 5) is 14.3. The molecule has 5 rings (SSSR count). The van der Waals surface area contributed by atoms with Gasteiger partial charge in [-0.05, 0) is 24.1 Å². The Morgan fingerprint density at radius 2 is 1.97 bits per heavy atom. The fourth-order valence-corrected chi connectivity index (χ4v) is 4.51. The van der Waals surface area contributed by atoms with Gasteiger partial charge in [-0.1, -0.05) is 48.5 Å². The molecule has 0 spiro atoms. The van der Waals surface area contributed by atoms with E-state index in [4.69, 9.17) is 0 Å². The molecule has 5 aromatic rings. The SMILES string of the molecule is Cc1cccc2c(/C=N\Nc3ncnc4sc(Cc5ccccc5)cc34)c[nH]c12. The summed E-state index contributed by atoms with van der Waals surface area (Å²) < 4.78 is 0. The molecular formula is C23H19N5S. The number of hydrazone groups is 1. The van der Waals surface area contributed by atoms with Gasteiger partial charge in [-0.25, -0.2) is 9.97 Å². The van der Waals surface area contributed by atoms with Crippen molar-refractivity contribution in [1.29, 1.82) is 0 Å². The number of thiophene rings is 1. The molecule has 3 aromatic heterocycles.